The van der Waals surface area contributed by atoms with Gasteiger partial charge in [0.1, 0.15) is 0 Å². The third-order valence-corrected chi connectivity index (χ3v) is 4.63. The standard InChI is InChI=1S/C7H10N2OS/c10-6-8-4-3-11-7(1-2-7)5(4)9-6/h4-5H,1-3H2,(H2,8,9,10). The van der Waals surface area contributed by atoms with E-state index in [1.54, 1.807) is 0 Å². The van der Waals surface area contributed by atoms with Crippen LogP contribution in [-0.2, 0) is 0 Å². The van der Waals surface area contributed by atoms with E-state index in [0.29, 0.717) is 16.8 Å². The quantitative estimate of drug-likeness (QED) is 0.514. The van der Waals surface area contributed by atoms with Gasteiger partial charge in [0.2, 0.25) is 0 Å². The maximum absolute atomic E-state index is 10.9. The molecule has 2 atom stereocenters. The molecule has 3 nitrogen and oxygen atoms in total. The van der Waals surface area contributed by atoms with Crippen LogP contribution < -0.4 is 10.6 Å². The molecule has 2 amide bonds. The maximum atomic E-state index is 10.9. The van der Waals surface area contributed by atoms with E-state index in [1.807, 2.05) is 11.8 Å². The zero-order chi connectivity index (χ0) is 7.47. The van der Waals surface area contributed by atoms with Crippen LogP contribution >= 0.6 is 11.8 Å². The maximum Gasteiger partial charge on any atom is 0.315 e. The van der Waals surface area contributed by atoms with Gasteiger partial charge in [-0.1, -0.05) is 0 Å². The number of nitrogens with one attached hydrogen (secondary N) is 2. The van der Waals surface area contributed by atoms with Crippen LogP contribution in [0.25, 0.3) is 0 Å². The largest absolute Gasteiger partial charge is 0.332 e. The number of hydrogen-bond donors (Lipinski definition) is 2. The molecule has 0 aromatic carbocycles. The molecule has 3 fully saturated rings. The average molecular weight is 170 g/mol. The highest BCUT2D eigenvalue weighted by Crippen LogP contribution is 2.57. The van der Waals surface area contributed by atoms with Crippen molar-refractivity contribution in [2.24, 2.45) is 0 Å². The van der Waals surface area contributed by atoms with Crippen molar-refractivity contribution in [3.8, 4) is 0 Å². The monoisotopic (exact) mass is 170 g/mol. The second-order valence-corrected chi connectivity index (χ2v) is 5.01. The fourth-order valence-corrected chi connectivity index (χ4v) is 3.68. The van der Waals surface area contributed by atoms with Crippen LogP contribution in [0, 0.1) is 0 Å². The molecule has 60 valence electrons. The summed E-state index contributed by atoms with van der Waals surface area (Å²) in [5, 5.41) is 5.94. The lowest BCUT2D eigenvalue weighted by Crippen LogP contribution is -2.38. The van der Waals surface area contributed by atoms with E-state index in [-0.39, 0.29) is 6.03 Å². The first-order valence-corrected chi connectivity index (χ1v) is 5.00. The topological polar surface area (TPSA) is 41.1 Å². The highest BCUT2D eigenvalue weighted by molar-refractivity contribution is 8.01. The van der Waals surface area contributed by atoms with Crippen LogP contribution in [-0.4, -0.2) is 28.6 Å². The lowest BCUT2D eigenvalue weighted by Gasteiger charge is -2.13. The summed E-state index contributed by atoms with van der Waals surface area (Å²) in [6.07, 6.45) is 2.58. The summed E-state index contributed by atoms with van der Waals surface area (Å²) in [4.78, 5) is 10.9. The third kappa shape index (κ3) is 0.682. The summed E-state index contributed by atoms with van der Waals surface area (Å²) >= 11 is 2.03. The van der Waals surface area contributed by atoms with Gasteiger partial charge >= 0.3 is 6.03 Å². The lowest BCUT2D eigenvalue weighted by atomic mass is 10.1. The van der Waals surface area contributed by atoms with Gasteiger partial charge in [0.05, 0.1) is 12.1 Å². The molecule has 2 saturated heterocycles. The first-order chi connectivity index (χ1) is 5.30. The number of thioether (sulfide) groups is 1. The van der Waals surface area contributed by atoms with Crippen molar-refractivity contribution in [2.75, 3.05) is 5.75 Å². The summed E-state index contributed by atoms with van der Waals surface area (Å²) in [5.74, 6) is 1.10. The molecule has 0 radical (unpaired) electrons. The Labute approximate surface area is 69.3 Å². The van der Waals surface area contributed by atoms with Crippen LogP contribution in [0.15, 0.2) is 0 Å². The Morgan fingerprint density at radius 3 is 3.00 bits per heavy atom. The van der Waals surface area contributed by atoms with E-state index in [9.17, 15) is 4.79 Å². The van der Waals surface area contributed by atoms with Crippen LogP contribution in [0.5, 0.6) is 0 Å². The van der Waals surface area contributed by atoms with Crippen molar-refractivity contribution < 1.29 is 4.79 Å². The van der Waals surface area contributed by atoms with Crippen LogP contribution in [0.1, 0.15) is 12.8 Å². The molecular formula is C7H10N2OS. The van der Waals surface area contributed by atoms with Crippen LogP contribution in [0.2, 0.25) is 0 Å². The highest BCUT2D eigenvalue weighted by Gasteiger charge is 2.60. The van der Waals surface area contributed by atoms with Gasteiger partial charge in [0.25, 0.3) is 0 Å². The second kappa shape index (κ2) is 1.68. The second-order valence-electron chi connectivity index (χ2n) is 3.58. The third-order valence-electron chi connectivity index (χ3n) is 2.87. The molecule has 0 aromatic rings. The molecule has 2 unspecified atom stereocenters. The molecule has 0 bridgehead atoms. The smallest absolute Gasteiger partial charge is 0.315 e. The highest BCUT2D eigenvalue weighted by atomic mass is 32.2. The van der Waals surface area contributed by atoms with Crippen molar-refractivity contribution in [3.05, 3.63) is 0 Å². The molecule has 3 rings (SSSR count). The Morgan fingerprint density at radius 1 is 1.45 bits per heavy atom. The average Bonchev–Trinajstić information content (AvgIpc) is 2.57. The molecule has 0 aromatic heterocycles. The van der Waals surface area contributed by atoms with Gasteiger partial charge < -0.3 is 10.6 Å². The van der Waals surface area contributed by atoms with E-state index in [0.717, 1.165) is 5.75 Å². The Morgan fingerprint density at radius 2 is 2.27 bits per heavy atom. The minimum Gasteiger partial charge on any atom is -0.332 e. The van der Waals surface area contributed by atoms with E-state index in [2.05, 4.69) is 10.6 Å². The molecule has 4 heteroatoms. The molecule has 1 aliphatic carbocycles. The number of rotatable bonds is 0. The van der Waals surface area contributed by atoms with Crippen molar-refractivity contribution in [2.45, 2.75) is 29.7 Å². The molecule has 2 aliphatic heterocycles. The summed E-state index contributed by atoms with van der Waals surface area (Å²) in [5.41, 5.74) is 0. The van der Waals surface area contributed by atoms with E-state index in [4.69, 9.17) is 0 Å². The number of carbonyl (C=O) groups is 1. The summed E-state index contributed by atoms with van der Waals surface area (Å²) in [6.45, 7) is 0. The van der Waals surface area contributed by atoms with Gasteiger partial charge in [-0.25, -0.2) is 4.79 Å². The molecule has 1 saturated carbocycles. The Balaban J connectivity index is 1.91. The van der Waals surface area contributed by atoms with Gasteiger partial charge in [0.15, 0.2) is 0 Å². The number of carbonyl (C=O) groups excluding carboxylic acids is 1. The van der Waals surface area contributed by atoms with E-state index < -0.39 is 0 Å². The Bertz CT molecular complexity index is 226. The van der Waals surface area contributed by atoms with Gasteiger partial charge in [-0.3, -0.25) is 0 Å². The zero-order valence-corrected chi connectivity index (χ0v) is 6.91. The van der Waals surface area contributed by atoms with Crippen molar-refractivity contribution in [3.63, 3.8) is 0 Å². The van der Waals surface area contributed by atoms with Crippen molar-refractivity contribution >= 4 is 17.8 Å². The minimum absolute atomic E-state index is 0.0339. The van der Waals surface area contributed by atoms with Crippen LogP contribution in [0.4, 0.5) is 4.79 Å². The molecule has 2 N–H and O–H groups in total. The molecule has 3 aliphatic rings. The van der Waals surface area contributed by atoms with Gasteiger partial charge in [-0.15, -0.1) is 0 Å². The number of urea groups is 1. The van der Waals surface area contributed by atoms with Gasteiger partial charge in [-0.05, 0) is 12.8 Å². The lowest BCUT2D eigenvalue weighted by molar-refractivity contribution is 0.247. The molecule has 1 spiro atoms. The zero-order valence-electron chi connectivity index (χ0n) is 6.09. The predicted molar refractivity (Wildman–Crippen MR) is 43.7 cm³/mol. The Kier molecular flexibility index (Phi) is 0.943. The number of fused-ring (bicyclic) bond motifs is 2. The van der Waals surface area contributed by atoms with Crippen molar-refractivity contribution in [1.29, 1.82) is 0 Å². The normalized spacial score (nSPS) is 43.5. The fourth-order valence-electron chi connectivity index (χ4n) is 2.10. The number of amides is 2. The van der Waals surface area contributed by atoms with E-state index >= 15 is 0 Å². The first-order valence-electron chi connectivity index (χ1n) is 4.01. The van der Waals surface area contributed by atoms with Crippen molar-refractivity contribution in [1.82, 2.24) is 10.6 Å². The predicted octanol–water partition coefficient (Wildman–Crippen LogP) is 0.316. The number of hydrogen-bond acceptors (Lipinski definition) is 2. The Hall–Kier alpha value is -0.380. The minimum atomic E-state index is 0.0339. The SMILES string of the molecule is O=C1NC2CSC3(CC3)C2N1. The summed E-state index contributed by atoms with van der Waals surface area (Å²) in [6, 6.07) is 0.876. The summed E-state index contributed by atoms with van der Waals surface area (Å²) < 4.78 is 0.448. The summed E-state index contributed by atoms with van der Waals surface area (Å²) in [7, 11) is 0. The first kappa shape index (κ1) is 6.17. The molecule has 2 heterocycles. The fraction of sp³-hybridized carbons (Fsp3) is 0.857. The van der Waals surface area contributed by atoms with E-state index in [1.165, 1.54) is 12.8 Å². The van der Waals surface area contributed by atoms with Gasteiger partial charge in [0, 0.05) is 10.5 Å². The van der Waals surface area contributed by atoms with Crippen LogP contribution in [0.3, 0.4) is 0 Å². The van der Waals surface area contributed by atoms with Gasteiger partial charge in [-0.2, -0.15) is 11.8 Å². The molecular weight excluding hydrogens is 160 g/mol. The molecule has 11 heavy (non-hydrogen) atoms.